The first-order valence-corrected chi connectivity index (χ1v) is 14.9. The summed E-state index contributed by atoms with van der Waals surface area (Å²) in [4.78, 5) is 2.30. The standard InChI is InChI=1S/C30H63N.ClH2/c1-4-5-6-7-8-9-10-11-12-13-14-15-16-17-18-19-20-21-22-23-24-25-26-27-28-29-30-31(2)3;/h4-30H2,1-3H3;1H2/q;+1. The Kier molecular flexibility index (Phi) is 33.6. The van der Waals surface area contributed by atoms with Crippen LogP contribution in [0, 0.1) is 12.4 Å². The van der Waals surface area contributed by atoms with E-state index in [1.165, 1.54) is 173 Å². The summed E-state index contributed by atoms with van der Waals surface area (Å²) in [5.41, 5.74) is 0. The Morgan fingerprint density at radius 1 is 0.312 bits per heavy atom. The Bertz CT molecular complexity index is 305. The van der Waals surface area contributed by atoms with Crippen LogP contribution in [0.4, 0.5) is 0 Å². The molecule has 0 aromatic carbocycles. The van der Waals surface area contributed by atoms with E-state index in [0.717, 1.165) is 0 Å². The van der Waals surface area contributed by atoms with Crippen LogP contribution in [0.1, 0.15) is 174 Å². The van der Waals surface area contributed by atoms with Gasteiger partial charge in [0, 0.05) is 0 Å². The van der Waals surface area contributed by atoms with Gasteiger partial charge in [0.05, 0.1) is 12.4 Å². The highest BCUT2D eigenvalue weighted by molar-refractivity contribution is 4.52. The number of hydrogen-bond acceptors (Lipinski definition) is 1. The van der Waals surface area contributed by atoms with Crippen LogP contribution in [0.2, 0.25) is 0 Å². The summed E-state index contributed by atoms with van der Waals surface area (Å²) in [6.07, 6.45) is 38.3. The van der Waals surface area contributed by atoms with Crippen LogP contribution < -0.4 is 0 Å². The molecule has 0 saturated heterocycles. The van der Waals surface area contributed by atoms with Crippen molar-refractivity contribution in [2.75, 3.05) is 20.6 Å². The third-order valence-corrected chi connectivity index (χ3v) is 6.96. The molecule has 2 heteroatoms. The van der Waals surface area contributed by atoms with E-state index in [-0.39, 0.29) is 12.4 Å². The lowest BCUT2D eigenvalue weighted by Gasteiger charge is -2.08. The smallest absolute Gasteiger partial charge is 0.0903 e. The molecule has 0 aliphatic rings. The normalized spacial score (nSPS) is 11.2. The van der Waals surface area contributed by atoms with Gasteiger partial charge < -0.3 is 4.90 Å². The molecule has 0 aromatic rings. The second-order valence-corrected chi connectivity index (χ2v) is 10.6. The molecule has 0 bridgehead atoms. The molecule has 0 fully saturated rings. The number of nitrogens with zero attached hydrogens (tertiary/aromatic N) is 1. The molecule has 0 saturated carbocycles. The fourth-order valence-electron chi connectivity index (χ4n) is 4.74. The maximum atomic E-state index is 2.30. The van der Waals surface area contributed by atoms with Gasteiger partial charge in [-0.3, -0.25) is 0 Å². The Hall–Kier alpha value is 0.250. The van der Waals surface area contributed by atoms with Crippen LogP contribution in [-0.4, -0.2) is 25.5 Å². The molecule has 0 N–H and O–H groups in total. The van der Waals surface area contributed by atoms with Crippen LogP contribution in [0.5, 0.6) is 0 Å². The molecule has 0 aliphatic heterocycles. The van der Waals surface area contributed by atoms with Gasteiger partial charge in [-0.2, -0.15) is 0 Å². The van der Waals surface area contributed by atoms with E-state index < -0.39 is 0 Å². The maximum absolute atomic E-state index is 2.30. The molecule has 0 aliphatic carbocycles. The fourth-order valence-corrected chi connectivity index (χ4v) is 4.74. The zero-order valence-electron chi connectivity index (χ0n) is 23.0. The van der Waals surface area contributed by atoms with Crippen molar-refractivity contribution in [3.8, 4) is 0 Å². The third kappa shape index (κ3) is 32.4. The van der Waals surface area contributed by atoms with Gasteiger partial charge in [-0.1, -0.05) is 167 Å². The molecule has 0 aromatic heterocycles. The molecule has 0 heterocycles. The first-order chi connectivity index (χ1) is 15.3. The predicted octanol–water partition coefficient (Wildman–Crippen LogP) is 10.2. The summed E-state index contributed by atoms with van der Waals surface area (Å²) in [6, 6.07) is 0. The number of rotatable bonds is 27. The SMILES string of the molecule is CCCCCCCCCCCCCCCCCCCCCCCCCCCCN(C)C.[ClH2+]. The highest BCUT2D eigenvalue weighted by Crippen LogP contribution is 2.15. The molecule has 0 atom stereocenters. The number of halogens is 1. The van der Waals surface area contributed by atoms with Gasteiger partial charge in [0.15, 0.2) is 0 Å². The van der Waals surface area contributed by atoms with Crippen molar-refractivity contribution >= 4 is 0 Å². The molecule has 32 heavy (non-hydrogen) atoms. The monoisotopic (exact) mass is 474 g/mol. The van der Waals surface area contributed by atoms with Crippen molar-refractivity contribution in [2.45, 2.75) is 174 Å². The van der Waals surface area contributed by atoms with Gasteiger partial charge in [0.25, 0.3) is 0 Å². The molecule has 0 radical (unpaired) electrons. The first kappa shape index (κ1) is 34.4. The fraction of sp³-hybridized carbons (Fsp3) is 1.00. The first-order valence-electron chi connectivity index (χ1n) is 14.9. The number of hydrogen-bond donors (Lipinski definition) is 0. The highest BCUT2D eigenvalue weighted by atomic mass is 35.5. The van der Waals surface area contributed by atoms with E-state index in [9.17, 15) is 0 Å². The van der Waals surface area contributed by atoms with Gasteiger partial charge in [0.2, 0.25) is 0 Å². The molecule has 0 spiro atoms. The van der Waals surface area contributed by atoms with Crippen LogP contribution in [0.15, 0.2) is 0 Å². The summed E-state index contributed by atoms with van der Waals surface area (Å²) in [7, 11) is 4.36. The topological polar surface area (TPSA) is 3.24 Å². The Balaban J connectivity index is 0. The van der Waals surface area contributed by atoms with E-state index in [1.54, 1.807) is 0 Å². The van der Waals surface area contributed by atoms with E-state index in [4.69, 9.17) is 0 Å². The Morgan fingerprint density at radius 2 is 0.500 bits per heavy atom. The highest BCUT2D eigenvalue weighted by Gasteiger charge is 1.96. The minimum Gasteiger partial charge on any atom is -0.309 e. The molecule has 196 valence electrons. The Labute approximate surface area is 211 Å². The lowest BCUT2D eigenvalue weighted by Crippen LogP contribution is -2.12. The van der Waals surface area contributed by atoms with Crippen LogP contribution in [0.3, 0.4) is 0 Å². The number of unbranched alkanes of at least 4 members (excludes halogenated alkanes) is 25. The lowest BCUT2D eigenvalue weighted by atomic mass is 10.0. The van der Waals surface area contributed by atoms with Crippen molar-refractivity contribution < 1.29 is 12.4 Å². The minimum absolute atomic E-state index is 0. The van der Waals surface area contributed by atoms with Crippen LogP contribution >= 0.6 is 0 Å². The zero-order chi connectivity index (χ0) is 22.7. The van der Waals surface area contributed by atoms with Gasteiger partial charge >= 0.3 is 0 Å². The maximum Gasteiger partial charge on any atom is 0.0903 e. The van der Waals surface area contributed by atoms with Crippen molar-refractivity contribution in [1.82, 2.24) is 4.90 Å². The second kappa shape index (κ2) is 31.2. The van der Waals surface area contributed by atoms with Crippen LogP contribution in [0.25, 0.3) is 0 Å². The lowest BCUT2D eigenvalue weighted by molar-refractivity contribution is -0.00000702. The van der Waals surface area contributed by atoms with Crippen molar-refractivity contribution in [3.05, 3.63) is 0 Å². The summed E-state index contributed by atoms with van der Waals surface area (Å²) in [5, 5.41) is 0. The summed E-state index contributed by atoms with van der Waals surface area (Å²) in [5.74, 6) is 0. The van der Waals surface area contributed by atoms with E-state index in [2.05, 4.69) is 25.9 Å². The largest absolute Gasteiger partial charge is 0.309 e. The van der Waals surface area contributed by atoms with Gasteiger partial charge in [-0.15, -0.1) is 0 Å². The van der Waals surface area contributed by atoms with E-state index in [0.29, 0.717) is 0 Å². The summed E-state index contributed by atoms with van der Waals surface area (Å²) >= 11 is 0. The predicted molar refractivity (Wildman–Crippen MR) is 147 cm³/mol. The van der Waals surface area contributed by atoms with Crippen LogP contribution in [-0.2, 0) is 0 Å². The third-order valence-electron chi connectivity index (χ3n) is 6.96. The average Bonchev–Trinajstić information content (AvgIpc) is 2.76. The summed E-state index contributed by atoms with van der Waals surface area (Å²) in [6.45, 7) is 3.57. The molecule has 0 rings (SSSR count). The molecule has 0 amide bonds. The molecular formula is C30H65ClN+. The van der Waals surface area contributed by atoms with E-state index >= 15 is 0 Å². The Morgan fingerprint density at radius 3 is 0.688 bits per heavy atom. The molecular weight excluding hydrogens is 410 g/mol. The van der Waals surface area contributed by atoms with Gasteiger partial charge in [-0.05, 0) is 27.1 Å². The average molecular weight is 475 g/mol. The van der Waals surface area contributed by atoms with Gasteiger partial charge in [0.1, 0.15) is 0 Å². The molecule has 0 unspecified atom stereocenters. The van der Waals surface area contributed by atoms with Crippen molar-refractivity contribution in [2.24, 2.45) is 0 Å². The van der Waals surface area contributed by atoms with Crippen molar-refractivity contribution in [3.63, 3.8) is 0 Å². The van der Waals surface area contributed by atoms with Gasteiger partial charge in [-0.25, -0.2) is 0 Å². The quantitative estimate of drug-likeness (QED) is 0.107. The minimum atomic E-state index is 0. The summed E-state index contributed by atoms with van der Waals surface area (Å²) < 4.78 is 0. The zero-order valence-corrected chi connectivity index (χ0v) is 23.9. The molecule has 1 nitrogen and oxygen atoms in total. The van der Waals surface area contributed by atoms with Crippen molar-refractivity contribution in [1.29, 1.82) is 0 Å². The van der Waals surface area contributed by atoms with E-state index in [1.807, 2.05) is 0 Å². The second-order valence-electron chi connectivity index (χ2n) is 10.6.